The van der Waals surface area contributed by atoms with E-state index < -0.39 is 0 Å². The third-order valence-electron chi connectivity index (χ3n) is 4.18. The second kappa shape index (κ2) is 8.78. The first-order valence-corrected chi connectivity index (χ1v) is 9.62. The number of benzene rings is 1. The molecule has 1 amide bonds. The molecule has 26 heavy (non-hydrogen) atoms. The van der Waals surface area contributed by atoms with Gasteiger partial charge in [0.15, 0.2) is 0 Å². The smallest absolute Gasteiger partial charge is 0.229 e. The summed E-state index contributed by atoms with van der Waals surface area (Å²) in [4.78, 5) is 19.3. The fraction of sp³-hybridized carbons (Fsp3) is 0.300. The predicted molar refractivity (Wildman–Crippen MR) is 104 cm³/mol. The zero-order valence-corrected chi connectivity index (χ0v) is 15.7. The number of hydrogen-bond acceptors (Lipinski definition) is 5. The highest BCUT2D eigenvalue weighted by Crippen LogP contribution is 2.24. The standard InChI is InChI=1S/C20H23N3O2S/c1-15-18(22-20(25-15)17-8-11-26-14-17)12-19(24)23(10-5-9-21)13-16-6-3-2-4-7-16/h2-4,6-8,11,14H,5,9-10,12-13,21H2,1H3. The third kappa shape index (κ3) is 4.59. The normalized spacial score (nSPS) is 10.8. The highest BCUT2D eigenvalue weighted by Gasteiger charge is 2.19. The quantitative estimate of drug-likeness (QED) is 0.658. The van der Waals surface area contributed by atoms with Crippen LogP contribution in [0.5, 0.6) is 0 Å². The first-order valence-electron chi connectivity index (χ1n) is 8.68. The van der Waals surface area contributed by atoms with Crippen LogP contribution in [-0.2, 0) is 17.8 Å². The van der Waals surface area contributed by atoms with E-state index in [1.165, 1.54) is 0 Å². The number of nitrogens with zero attached hydrogens (tertiary/aromatic N) is 2. The minimum atomic E-state index is 0.0376. The lowest BCUT2D eigenvalue weighted by atomic mass is 10.2. The van der Waals surface area contributed by atoms with E-state index in [1.54, 1.807) is 11.3 Å². The van der Waals surface area contributed by atoms with Gasteiger partial charge >= 0.3 is 0 Å². The van der Waals surface area contributed by atoms with Crippen molar-refractivity contribution in [3.63, 3.8) is 0 Å². The average molecular weight is 369 g/mol. The molecule has 2 N–H and O–H groups in total. The Morgan fingerprint density at radius 3 is 2.77 bits per heavy atom. The number of nitrogens with two attached hydrogens (primary N) is 1. The summed E-state index contributed by atoms with van der Waals surface area (Å²) in [5.74, 6) is 1.30. The topological polar surface area (TPSA) is 72.4 Å². The molecule has 3 rings (SSSR count). The average Bonchev–Trinajstić information content (AvgIpc) is 3.30. The molecule has 0 aliphatic carbocycles. The van der Waals surface area contributed by atoms with Crippen molar-refractivity contribution in [3.8, 4) is 11.5 Å². The number of aromatic nitrogens is 1. The maximum Gasteiger partial charge on any atom is 0.229 e. The molecule has 2 heterocycles. The van der Waals surface area contributed by atoms with E-state index >= 15 is 0 Å². The van der Waals surface area contributed by atoms with E-state index in [4.69, 9.17) is 10.2 Å². The van der Waals surface area contributed by atoms with Crippen LogP contribution in [0.3, 0.4) is 0 Å². The largest absolute Gasteiger partial charge is 0.441 e. The maximum atomic E-state index is 12.9. The van der Waals surface area contributed by atoms with Crippen LogP contribution in [-0.4, -0.2) is 28.9 Å². The molecule has 1 aromatic carbocycles. The second-order valence-corrected chi connectivity index (χ2v) is 6.93. The number of aryl methyl sites for hydroxylation is 1. The first-order chi connectivity index (χ1) is 12.7. The SMILES string of the molecule is Cc1oc(-c2ccsc2)nc1CC(=O)N(CCCN)Cc1ccccc1. The molecule has 0 radical (unpaired) electrons. The minimum absolute atomic E-state index is 0.0376. The number of carbonyl (C=O) groups is 1. The van der Waals surface area contributed by atoms with Crippen molar-refractivity contribution in [2.24, 2.45) is 5.73 Å². The van der Waals surface area contributed by atoms with Gasteiger partial charge in [-0.3, -0.25) is 4.79 Å². The third-order valence-corrected chi connectivity index (χ3v) is 4.86. The van der Waals surface area contributed by atoms with Gasteiger partial charge < -0.3 is 15.1 Å². The molecule has 0 atom stereocenters. The zero-order chi connectivity index (χ0) is 18.4. The van der Waals surface area contributed by atoms with Crippen molar-refractivity contribution >= 4 is 17.2 Å². The van der Waals surface area contributed by atoms with Crippen LogP contribution in [0.2, 0.25) is 0 Å². The van der Waals surface area contributed by atoms with Crippen molar-refractivity contribution < 1.29 is 9.21 Å². The molecule has 0 unspecified atom stereocenters. The van der Waals surface area contributed by atoms with Crippen molar-refractivity contribution in [1.82, 2.24) is 9.88 Å². The van der Waals surface area contributed by atoms with Gasteiger partial charge in [0, 0.05) is 24.0 Å². The summed E-state index contributed by atoms with van der Waals surface area (Å²) in [6.45, 7) is 3.63. The molecular formula is C20H23N3O2S. The second-order valence-electron chi connectivity index (χ2n) is 6.15. The highest BCUT2D eigenvalue weighted by molar-refractivity contribution is 7.08. The number of carbonyl (C=O) groups excluding carboxylic acids is 1. The molecule has 6 heteroatoms. The van der Waals surface area contributed by atoms with Gasteiger partial charge in [0.25, 0.3) is 0 Å². The van der Waals surface area contributed by atoms with E-state index in [0.717, 1.165) is 17.5 Å². The predicted octanol–water partition coefficient (Wildman–Crippen LogP) is 3.63. The molecule has 0 bridgehead atoms. The summed E-state index contributed by atoms with van der Waals surface area (Å²) in [6.07, 6.45) is 1.01. The van der Waals surface area contributed by atoms with Crippen LogP contribution in [0.4, 0.5) is 0 Å². The van der Waals surface area contributed by atoms with Gasteiger partial charge in [0.05, 0.1) is 12.1 Å². The van der Waals surface area contributed by atoms with E-state index in [9.17, 15) is 4.79 Å². The van der Waals surface area contributed by atoms with Crippen LogP contribution in [0, 0.1) is 6.92 Å². The summed E-state index contributed by atoms with van der Waals surface area (Å²) >= 11 is 1.59. The summed E-state index contributed by atoms with van der Waals surface area (Å²) in [6, 6.07) is 12.0. The van der Waals surface area contributed by atoms with Crippen LogP contribution >= 0.6 is 11.3 Å². The molecule has 0 aliphatic rings. The van der Waals surface area contributed by atoms with Crippen molar-refractivity contribution in [2.75, 3.05) is 13.1 Å². The Morgan fingerprint density at radius 2 is 2.08 bits per heavy atom. The van der Waals surface area contributed by atoms with Gasteiger partial charge in [-0.15, -0.1) is 0 Å². The number of amides is 1. The summed E-state index contributed by atoms with van der Waals surface area (Å²) in [5, 5.41) is 3.97. The maximum absolute atomic E-state index is 12.9. The summed E-state index contributed by atoms with van der Waals surface area (Å²) < 4.78 is 5.74. The van der Waals surface area contributed by atoms with Crippen LogP contribution in [0.1, 0.15) is 23.4 Å². The van der Waals surface area contributed by atoms with Gasteiger partial charge in [-0.05, 0) is 36.9 Å². The van der Waals surface area contributed by atoms with Crippen LogP contribution in [0.15, 0.2) is 51.6 Å². The van der Waals surface area contributed by atoms with Crippen molar-refractivity contribution in [3.05, 3.63) is 64.2 Å². The summed E-state index contributed by atoms with van der Waals surface area (Å²) in [7, 11) is 0. The molecule has 0 aliphatic heterocycles. The van der Waals surface area contributed by atoms with Gasteiger partial charge in [-0.25, -0.2) is 4.98 Å². The monoisotopic (exact) mass is 369 g/mol. The van der Waals surface area contributed by atoms with Crippen LogP contribution in [0.25, 0.3) is 11.5 Å². The zero-order valence-electron chi connectivity index (χ0n) is 14.9. The fourth-order valence-electron chi connectivity index (χ4n) is 2.73. The number of hydrogen-bond donors (Lipinski definition) is 1. The lowest BCUT2D eigenvalue weighted by Gasteiger charge is -2.22. The Bertz CT molecular complexity index is 828. The van der Waals surface area contributed by atoms with Gasteiger partial charge in [0.1, 0.15) is 5.76 Å². The van der Waals surface area contributed by atoms with Crippen molar-refractivity contribution in [1.29, 1.82) is 0 Å². The summed E-state index contributed by atoms with van der Waals surface area (Å²) in [5.41, 5.74) is 8.39. The molecule has 0 saturated carbocycles. The van der Waals surface area contributed by atoms with Gasteiger partial charge in [-0.1, -0.05) is 30.3 Å². The van der Waals surface area contributed by atoms with E-state index in [1.807, 2.05) is 59.0 Å². The van der Waals surface area contributed by atoms with E-state index in [-0.39, 0.29) is 12.3 Å². The molecule has 5 nitrogen and oxygen atoms in total. The van der Waals surface area contributed by atoms with E-state index in [0.29, 0.717) is 37.0 Å². The molecular weight excluding hydrogens is 346 g/mol. The first kappa shape index (κ1) is 18.4. The van der Waals surface area contributed by atoms with Crippen molar-refractivity contribution in [2.45, 2.75) is 26.3 Å². The Balaban J connectivity index is 1.72. The Kier molecular flexibility index (Phi) is 6.20. The number of oxazole rings is 1. The molecule has 0 fully saturated rings. The Morgan fingerprint density at radius 1 is 1.27 bits per heavy atom. The van der Waals surface area contributed by atoms with E-state index in [2.05, 4.69) is 4.98 Å². The Labute approximate surface area is 157 Å². The van der Waals surface area contributed by atoms with Gasteiger partial charge in [-0.2, -0.15) is 11.3 Å². The fourth-order valence-corrected chi connectivity index (χ4v) is 3.36. The molecule has 2 aromatic heterocycles. The lowest BCUT2D eigenvalue weighted by Crippen LogP contribution is -2.33. The Hall–Kier alpha value is -2.44. The molecule has 0 spiro atoms. The molecule has 3 aromatic rings. The number of rotatable bonds is 8. The molecule has 136 valence electrons. The lowest BCUT2D eigenvalue weighted by molar-refractivity contribution is -0.131. The van der Waals surface area contributed by atoms with Crippen LogP contribution < -0.4 is 5.73 Å². The van der Waals surface area contributed by atoms with Gasteiger partial charge in [0.2, 0.25) is 11.8 Å². The highest BCUT2D eigenvalue weighted by atomic mass is 32.1. The molecule has 0 saturated heterocycles. The minimum Gasteiger partial charge on any atom is -0.441 e. The number of thiophene rings is 1.